The second-order valence-electron chi connectivity index (χ2n) is 2.78. The van der Waals surface area contributed by atoms with Gasteiger partial charge in [-0.15, -0.1) is 16.8 Å². The SMILES string of the molecule is C=CC(C)Nc1ccc(C(=O)O)nn1. The molecule has 1 unspecified atom stereocenters. The second kappa shape index (κ2) is 4.36. The van der Waals surface area contributed by atoms with Crippen molar-refractivity contribution in [2.45, 2.75) is 13.0 Å². The zero-order chi connectivity index (χ0) is 10.6. The monoisotopic (exact) mass is 193 g/mol. The van der Waals surface area contributed by atoms with Crippen LogP contribution in [0.25, 0.3) is 0 Å². The molecule has 1 atom stereocenters. The summed E-state index contributed by atoms with van der Waals surface area (Å²) in [4.78, 5) is 10.5. The maximum Gasteiger partial charge on any atom is 0.356 e. The fourth-order valence-corrected chi connectivity index (χ4v) is 0.816. The molecule has 1 heterocycles. The summed E-state index contributed by atoms with van der Waals surface area (Å²) in [5, 5.41) is 18.8. The molecular weight excluding hydrogens is 182 g/mol. The van der Waals surface area contributed by atoms with E-state index in [1.807, 2.05) is 6.92 Å². The molecule has 0 fully saturated rings. The highest BCUT2D eigenvalue weighted by Gasteiger charge is 2.05. The first-order valence-corrected chi connectivity index (χ1v) is 4.09. The zero-order valence-electron chi connectivity index (χ0n) is 7.77. The lowest BCUT2D eigenvalue weighted by atomic mass is 10.3. The van der Waals surface area contributed by atoms with Gasteiger partial charge in [0.15, 0.2) is 5.69 Å². The van der Waals surface area contributed by atoms with Gasteiger partial charge in [-0.05, 0) is 19.1 Å². The van der Waals surface area contributed by atoms with Crippen molar-refractivity contribution in [3.63, 3.8) is 0 Å². The van der Waals surface area contributed by atoms with Crippen molar-refractivity contribution in [1.29, 1.82) is 0 Å². The van der Waals surface area contributed by atoms with E-state index in [9.17, 15) is 4.79 Å². The summed E-state index contributed by atoms with van der Waals surface area (Å²) in [6.45, 7) is 5.50. The van der Waals surface area contributed by atoms with Crippen molar-refractivity contribution in [1.82, 2.24) is 10.2 Å². The summed E-state index contributed by atoms with van der Waals surface area (Å²) >= 11 is 0. The fraction of sp³-hybridized carbons (Fsp3) is 0.222. The molecular formula is C9H11N3O2. The van der Waals surface area contributed by atoms with E-state index in [1.54, 1.807) is 12.1 Å². The Morgan fingerprint density at radius 2 is 2.36 bits per heavy atom. The van der Waals surface area contributed by atoms with Crippen molar-refractivity contribution in [2.75, 3.05) is 5.32 Å². The van der Waals surface area contributed by atoms with E-state index in [0.717, 1.165) is 0 Å². The molecule has 0 radical (unpaired) electrons. The van der Waals surface area contributed by atoms with Gasteiger partial charge < -0.3 is 10.4 Å². The van der Waals surface area contributed by atoms with Crippen molar-refractivity contribution >= 4 is 11.8 Å². The third kappa shape index (κ3) is 2.55. The molecule has 0 saturated carbocycles. The highest BCUT2D eigenvalue weighted by atomic mass is 16.4. The van der Waals surface area contributed by atoms with Gasteiger partial charge in [0.25, 0.3) is 0 Å². The van der Waals surface area contributed by atoms with Gasteiger partial charge in [-0.3, -0.25) is 0 Å². The van der Waals surface area contributed by atoms with Crippen LogP contribution in [0.2, 0.25) is 0 Å². The fourth-order valence-electron chi connectivity index (χ4n) is 0.816. The summed E-state index contributed by atoms with van der Waals surface area (Å²) in [6.07, 6.45) is 1.72. The number of aromatic nitrogens is 2. The lowest BCUT2D eigenvalue weighted by Crippen LogP contribution is -2.13. The summed E-state index contributed by atoms with van der Waals surface area (Å²) in [6, 6.07) is 3.03. The van der Waals surface area contributed by atoms with Crippen LogP contribution in [0, 0.1) is 0 Å². The average molecular weight is 193 g/mol. The zero-order valence-corrected chi connectivity index (χ0v) is 7.77. The first-order chi connectivity index (χ1) is 6.63. The molecule has 0 spiro atoms. The number of carboxylic acid groups (broad SMARTS) is 1. The minimum Gasteiger partial charge on any atom is -0.476 e. The van der Waals surface area contributed by atoms with Crippen LogP contribution in [-0.2, 0) is 0 Å². The third-order valence-electron chi connectivity index (χ3n) is 1.61. The van der Waals surface area contributed by atoms with Gasteiger partial charge in [0.2, 0.25) is 0 Å². The van der Waals surface area contributed by atoms with Gasteiger partial charge >= 0.3 is 5.97 Å². The number of anilines is 1. The van der Waals surface area contributed by atoms with E-state index in [4.69, 9.17) is 5.11 Å². The van der Waals surface area contributed by atoms with Crippen LogP contribution in [0.3, 0.4) is 0 Å². The topological polar surface area (TPSA) is 75.1 Å². The van der Waals surface area contributed by atoms with Crippen molar-refractivity contribution < 1.29 is 9.90 Å². The first-order valence-electron chi connectivity index (χ1n) is 4.09. The number of carboxylic acids is 1. The molecule has 0 amide bonds. The number of nitrogens with one attached hydrogen (secondary N) is 1. The molecule has 0 bridgehead atoms. The normalized spacial score (nSPS) is 11.8. The van der Waals surface area contributed by atoms with Crippen LogP contribution in [0.5, 0.6) is 0 Å². The Hall–Kier alpha value is -1.91. The summed E-state index contributed by atoms with van der Waals surface area (Å²) in [7, 11) is 0. The van der Waals surface area contributed by atoms with Crippen LogP contribution in [-0.4, -0.2) is 27.3 Å². The summed E-state index contributed by atoms with van der Waals surface area (Å²) in [5.74, 6) is -0.553. The van der Waals surface area contributed by atoms with Crippen molar-refractivity contribution in [3.05, 3.63) is 30.5 Å². The first kappa shape index (κ1) is 10.2. The van der Waals surface area contributed by atoms with Gasteiger partial charge in [0.05, 0.1) is 0 Å². The Morgan fingerprint density at radius 1 is 1.64 bits per heavy atom. The number of rotatable bonds is 4. The maximum absolute atomic E-state index is 10.5. The predicted octanol–water partition coefficient (Wildman–Crippen LogP) is 1.16. The van der Waals surface area contributed by atoms with Gasteiger partial charge in [-0.1, -0.05) is 6.08 Å². The number of carbonyl (C=O) groups is 1. The van der Waals surface area contributed by atoms with Crippen LogP contribution in [0.15, 0.2) is 24.8 Å². The Morgan fingerprint density at radius 3 is 2.79 bits per heavy atom. The van der Waals surface area contributed by atoms with Crippen LogP contribution in [0.4, 0.5) is 5.82 Å². The Kier molecular flexibility index (Phi) is 3.17. The molecule has 2 N–H and O–H groups in total. The van der Waals surface area contributed by atoms with E-state index in [0.29, 0.717) is 5.82 Å². The molecule has 5 nitrogen and oxygen atoms in total. The molecule has 1 aromatic heterocycles. The van der Waals surface area contributed by atoms with Crippen LogP contribution in [0.1, 0.15) is 17.4 Å². The molecule has 1 rings (SSSR count). The Balaban J connectivity index is 2.73. The van der Waals surface area contributed by atoms with E-state index in [1.165, 1.54) is 6.07 Å². The second-order valence-corrected chi connectivity index (χ2v) is 2.78. The molecule has 5 heteroatoms. The van der Waals surface area contributed by atoms with Crippen LogP contribution < -0.4 is 5.32 Å². The summed E-state index contributed by atoms with van der Waals surface area (Å²) < 4.78 is 0. The van der Waals surface area contributed by atoms with E-state index in [2.05, 4.69) is 22.1 Å². The van der Waals surface area contributed by atoms with Gasteiger partial charge in [-0.25, -0.2) is 4.79 Å². The van der Waals surface area contributed by atoms with E-state index >= 15 is 0 Å². The van der Waals surface area contributed by atoms with Crippen molar-refractivity contribution in [3.8, 4) is 0 Å². The lowest BCUT2D eigenvalue weighted by Gasteiger charge is -2.08. The third-order valence-corrected chi connectivity index (χ3v) is 1.61. The largest absolute Gasteiger partial charge is 0.476 e. The Bertz CT molecular complexity index is 334. The number of hydrogen-bond donors (Lipinski definition) is 2. The van der Waals surface area contributed by atoms with Gasteiger partial charge in [-0.2, -0.15) is 0 Å². The highest BCUT2D eigenvalue weighted by molar-refractivity contribution is 5.85. The summed E-state index contributed by atoms with van der Waals surface area (Å²) in [5.41, 5.74) is -0.0678. The molecule has 74 valence electrons. The molecule has 0 aromatic carbocycles. The maximum atomic E-state index is 10.5. The average Bonchev–Trinajstić information content (AvgIpc) is 2.18. The van der Waals surface area contributed by atoms with Gasteiger partial charge in [0.1, 0.15) is 5.82 Å². The van der Waals surface area contributed by atoms with Crippen LogP contribution >= 0.6 is 0 Å². The number of nitrogens with zero attached hydrogens (tertiary/aromatic N) is 2. The quantitative estimate of drug-likeness (QED) is 0.702. The molecule has 0 aliphatic carbocycles. The highest BCUT2D eigenvalue weighted by Crippen LogP contribution is 2.03. The molecule has 0 aliphatic rings. The minimum absolute atomic E-state index is 0.0678. The lowest BCUT2D eigenvalue weighted by molar-refractivity contribution is 0.0689. The molecule has 0 saturated heterocycles. The van der Waals surface area contributed by atoms with Gasteiger partial charge in [0, 0.05) is 6.04 Å². The standard InChI is InChI=1S/C9H11N3O2/c1-3-6(2)10-8-5-4-7(9(13)14)11-12-8/h3-6H,1H2,2H3,(H,10,12)(H,13,14). The molecule has 1 aromatic rings. The van der Waals surface area contributed by atoms with E-state index < -0.39 is 5.97 Å². The van der Waals surface area contributed by atoms with Crippen molar-refractivity contribution in [2.24, 2.45) is 0 Å². The number of hydrogen-bond acceptors (Lipinski definition) is 4. The van der Waals surface area contributed by atoms with E-state index in [-0.39, 0.29) is 11.7 Å². The molecule has 0 aliphatic heterocycles. The predicted molar refractivity (Wildman–Crippen MR) is 52.3 cm³/mol. The minimum atomic E-state index is -1.08. The number of aromatic carboxylic acids is 1. The smallest absolute Gasteiger partial charge is 0.356 e. The Labute approximate surface area is 81.5 Å². The molecule has 14 heavy (non-hydrogen) atoms.